The lowest BCUT2D eigenvalue weighted by Gasteiger charge is -2.37. The normalized spacial score (nSPS) is 18.5. The highest BCUT2D eigenvalue weighted by molar-refractivity contribution is 7.13. The maximum Gasteiger partial charge on any atom is 0.253 e. The Labute approximate surface area is 425 Å². The molecule has 17 nitrogen and oxygen atoms in total. The molecule has 382 valence electrons. The number of nitrogens with one attached hydrogen (secondary N) is 2. The second kappa shape index (κ2) is 23.4. The van der Waals surface area contributed by atoms with E-state index in [4.69, 9.17) is 15.2 Å². The number of aliphatic hydroxyl groups excluding tert-OH is 1. The third kappa shape index (κ3) is 13.1. The van der Waals surface area contributed by atoms with Crippen LogP contribution in [0.3, 0.4) is 0 Å². The molecule has 2 aromatic heterocycles. The molecule has 3 fully saturated rings. The van der Waals surface area contributed by atoms with Gasteiger partial charge in [0.25, 0.3) is 5.91 Å². The van der Waals surface area contributed by atoms with Crippen molar-refractivity contribution in [2.45, 2.75) is 110 Å². The average molecular weight is 1000 g/mol. The molecule has 3 aliphatic rings. The summed E-state index contributed by atoms with van der Waals surface area (Å²) in [6, 6.07) is 22.3. The Hall–Kier alpha value is -6.47. The maximum atomic E-state index is 14.1. The van der Waals surface area contributed by atoms with Crippen molar-refractivity contribution in [2.75, 3.05) is 51.6 Å². The lowest BCUT2D eigenvalue weighted by atomic mass is 9.85. The predicted molar refractivity (Wildman–Crippen MR) is 275 cm³/mol. The van der Waals surface area contributed by atoms with Crippen LogP contribution in [-0.4, -0.2) is 140 Å². The van der Waals surface area contributed by atoms with Gasteiger partial charge < -0.3 is 50.8 Å². The van der Waals surface area contributed by atoms with Crippen molar-refractivity contribution in [3.8, 4) is 33.2 Å². The number of aromatic hydroxyl groups is 1. The molecule has 0 aliphatic carbocycles. The van der Waals surface area contributed by atoms with E-state index in [1.165, 1.54) is 4.90 Å². The summed E-state index contributed by atoms with van der Waals surface area (Å²) in [7, 11) is 0. The van der Waals surface area contributed by atoms with E-state index in [0.29, 0.717) is 55.2 Å². The Balaban J connectivity index is 0.725. The number of phenolic OH excluding ortho intramolecular Hbond substituents is 1. The van der Waals surface area contributed by atoms with Gasteiger partial charge in [0.2, 0.25) is 17.7 Å². The molecule has 72 heavy (non-hydrogen) atoms. The number of β-amino-alcohol motifs (C(OH)–C–C–N with tert-alkyl or cyclic N) is 1. The van der Waals surface area contributed by atoms with Crippen LogP contribution in [0.25, 0.3) is 21.7 Å². The van der Waals surface area contributed by atoms with E-state index >= 15 is 0 Å². The van der Waals surface area contributed by atoms with Gasteiger partial charge in [0, 0.05) is 82.3 Å². The van der Waals surface area contributed by atoms with Crippen molar-refractivity contribution in [1.29, 1.82) is 0 Å². The fourth-order valence-corrected chi connectivity index (χ4v) is 10.4. The van der Waals surface area contributed by atoms with Crippen molar-refractivity contribution in [3.63, 3.8) is 0 Å². The number of nitrogens with zero attached hydrogens (tertiary/aromatic N) is 6. The first-order valence-corrected chi connectivity index (χ1v) is 25.8. The minimum absolute atomic E-state index is 0.00217. The number of nitrogens with two attached hydrogens (primary N) is 1. The average Bonchev–Trinajstić information content (AvgIpc) is 4.00. The molecule has 4 amide bonds. The fraction of sp³-hybridized carbons (Fsp3) is 0.463. The van der Waals surface area contributed by atoms with Gasteiger partial charge in [-0.05, 0) is 79.0 Å². The van der Waals surface area contributed by atoms with Crippen LogP contribution >= 0.6 is 11.3 Å². The number of thiazole rings is 1. The smallest absolute Gasteiger partial charge is 0.253 e. The Morgan fingerprint density at radius 3 is 2.25 bits per heavy atom. The number of ether oxygens (including phenoxy) is 2. The lowest BCUT2D eigenvalue weighted by molar-refractivity contribution is -0.144. The molecule has 3 atom stereocenters. The number of anilines is 1. The van der Waals surface area contributed by atoms with E-state index < -0.39 is 23.6 Å². The Bertz CT molecular complexity index is 2660. The highest BCUT2D eigenvalue weighted by Crippen LogP contribution is 2.32. The number of aromatic nitrogens is 3. The number of phenols is 1. The summed E-state index contributed by atoms with van der Waals surface area (Å²) in [6.07, 6.45) is 3.45. The highest BCUT2D eigenvalue weighted by atomic mass is 32.1. The quantitative estimate of drug-likeness (QED) is 0.0747. The summed E-state index contributed by atoms with van der Waals surface area (Å²) >= 11 is 1.58. The number of aryl methyl sites for hydroxylation is 1. The lowest BCUT2D eigenvalue weighted by Crippen LogP contribution is -2.58. The number of likely N-dealkylation sites (tertiary alicyclic amines) is 3. The number of carbonyl (C=O) groups is 4. The van der Waals surface area contributed by atoms with E-state index in [1.54, 1.807) is 41.7 Å². The van der Waals surface area contributed by atoms with E-state index in [0.717, 1.165) is 66.0 Å². The van der Waals surface area contributed by atoms with Crippen molar-refractivity contribution < 1.29 is 38.9 Å². The van der Waals surface area contributed by atoms with Crippen LogP contribution in [0.1, 0.15) is 86.5 Å². The Morgan fingerprint density at radius 1 is 0.903 bits per heavy atom. The number of aliphatic hydroxyl groups is 1. The third-order valence-electron chi connectivity index (χ3n) is 13.8. The number of benzene rings is 3. The van der Waals surface area contributed by atoms with Crippen molar-refractivity contribution >= 4 is 40.8 Å². The molecule has 0 saturated carbocycles. The van der Waals surface area contributed by atoms with Gasteiger partial charge in [-0.15, -0.1) is 21.5 Å². The molecule has 0 spiro atoms. The number of nitrogen functional groups attached to an aromatic ring is 1. The molecule has 6 N–H and O–H groups in total. The number of carbonyl (C=O) groups excluding carboxylic acids is 4. The van der Waals surface area contributed by atoms with Crippen molar-refractivity contribution in [2.24, 2.45) is 5.41 Å². The summed E-state index contributed by atoms with van der Waals surface area (Å²) in [6.45, 7) is 11.6. The van der Waals surface area contributed by atoms with Gasteiger partial charge in [-0.25, -0.2) is 4.98 Å². The van der Waals surface area contributed by atoms with Crippen LogP contribution < -0.4 is 21.1 Å². The molecule has 5 heterocycles. The molecule has 3 saturated heterocycles. The summed E-state index contributed by atoms with van der Waals surface area (Å²) in [4.78, 5) is 65.6. The van der Waals surface area contributed by atoms with E-state index in [9.17, 15) is 29.4 Å². The van der Waals surface area contributed by atoms with E-state index in [-0.39, 0.29) is 73.3 Å². The first-order chi connectivity index (χ1) is 34.6. The summed E-state index contributed by atoms with van der Waals surface area (Å²) in [5.74, 6) is -0.346. The Morgan fingerprint density at radius 2 is 1.58 bits per heavy atom. The number of rotatable bonds is 17. The van der Waals surface area contributed by atoms with Crippen LogP contribution in [0.4, 0.5) is 5.82 Å². The monoisotopic (exact) mass is 1000 g/mol. The summed E-state index contributed by atoms with van der Waals surface area (Å²) < 4.78 is 12.5. The van der Waals surface area contributed by atoms with E-state index in [1.807, 2.05) is 86.6 Å². The van der Waals surface area contributed by atoms with Gasteiger partial charge in [0.1, 0.15) is 23.5 Å². The van der Waals surface area contributed by atoms with Gasteiger partial charge >= 0.3 is 0 Å². The van der Waals surface area contributed by atoms with Crippen LogP contribution in [0.5, 0.6) is 11.5 Å². The zero-order valence-electron chi connectivity index (χ0n) is 41.6. The zero-order valence-corrected chi connectivity index (χ0v) is 42.4. The van der Waals surface area contributed by atoms with Crippen molar-refractivity contribution in [3.05, 3.63) is 107 Å². The molecular formula is C54H67N9O8S. The van der Waals surface area contributed by atoms with Gasteiger partial charge in [0.15, 0.2) is 11.6 Å². The molecule has 8 rings (SSSR count). The zero-order chi connectivity index (χ0) is 50.9. The van der Waals surface area contributed by atoms with Gasteiger partial charge in [0.05, 0.1) is 41.0 Å². The molecular weight excluding hydrogens is 935 g/mol. The number of para-hydroxylation sites is 1. The van der Waals surface area contributed by atoms with Crippen LogP contribution in [0.15, 0.2) is 84.4 Å². The number of amides is 4. The summed E-state index contributed by atoms with van der Waals surface area (Å²) in [5.41, 5.74) is 12.7. The molecule has 5 aromatic rings. The summed E-state index contributed by atoms with van der Waals surface area (Å²) in [5, 5.41) is 34.9. The van der Waals surface area contributed by atoms with Crippen LogP contribution in [0.2, 0.25) is 0 Å². The molecule has 0 radical (unpaired) electrons. The topological polar surface area (TPSA) is 226 Å². The molecule has 0 bridgehead atoms. The molecule has 3 aliphatic heterocycles. The SMILES string of the molecule is Cc1ncsc1-c1ccc(CNC(=O)[C@@H]2C[C@@H](O)CN2C(=O)[C@@H](NC(=O)CCN2CCC(OC3CCN(C(=O)c4ccc(CCOc5cc(-c6ccccc6O)nnc5N)cc4)CC3)CC2)C(C)(C)C)cc1. The molecule has 3 aromatic carbocycles. The second-order valence-electron chi connectivity index (χ2n) is 20.2. The molecule has 18 heteroatoms. The van der Waals surface area contributed by atoms with Gasteiger partial charge in [-0.3, -0.25) is 19.2 Å². The molecule has 0 unspecified atom stereocenters. The highest BCUT2D eigenvalue weighted by Gasteiger charge is 2.44. The van der Waals surface area contributed by atoms with Gasteiger partial charge in [-0.2, -0.15) is 0 Å². The standard InChI is InChI=1S/C54H67N9O8S/c1-34-48(72-33-57-34)37-13-11-36(12-14-37)31-56-51(67)44-29-39(64)32-63(44)53(69)49(54(2,3)4)58-47(66)21-25-61-23-17-40(18-24-61)71-41-19-26-62(27-20-41)52(68)38-15-9-35(10-16-38)22-28-70-46-30-43(59-60-50(46)55)42-7-5-6-8-45(42)65/h5-16,30,33,39-41,44,49,64-65H,17-29,31-32H2,1-4H3,(H2,55,60)(H,56,67)(H,58,66)/t39-,44+,49-/m1/s1. The number of piperidine rings is 2. The van der Waals surface area contributed by atoms with Gasteiger partial charge in [-0.1, -0.05) is 69.3 Å². The maximum absolute atomic E-state index is 14.1. The minimum Gasteiger partial charge on any atom is -0.507 e. The Kier molecular flexibility index (Phi) is 16.8. The largest absolute Gasteiger partial charge is 0.507 e. The predicted octanol–water partition coefficient (Wildman–Crippen LogP) is 5.77. The van der Waals surface area contributed by atoms with Crippen LogP contribution in [-0.2, 0) is 32.1 Å². The minimum atomic E-state index is -0.891. The second-order valence-corrected chi connectivity index (χ2v) is 21.0. The number of hydrogen-bond donors (Lipinski definition) is 5. The van der Waals surface area contributed by atoms with Crippen molar-refractivity contribution in [1.82, 2.24) is 40.5 Å². The first kappa shape index (κ1) is 51.9. The van der Waals surface area contributed by atoms with Crippen LogP contribution in [0, 0.1) is 12.3 Å². The number of hydrogen-bond acceptors (Lipinski definition) is 14. The third-order valence-corrected chi connectivity index (χ3v) is 14.8. The fourth-order valence-electron chi connectivity index (χ4n) is 9.61. The first-order valence-electron chi connectivity index (χ1n) is 24.9. The van der Waals surface area contributed by atoms with E-state index in [2.05, 4.69) is 30.7 Å².